The molecule has 0 radical (unpaired) electrons. The maximum atomic E-state index is 11.5. The maximum Gasteiger partial charge on any atom is 0.225 e. The first-order valence-corrected chi connectivity index (χ1v) is 6.12. The molecule has 0 aromatic carbocycles. The fourth-order valence-electron chi connectivity index (χ4n) is 1.31. The van der Waals surface area contributed by atoms with Crippen LogP contribution in [0.4, 0.5) is 5.82 Å². The van der Waals surface area contributed by atoms with Crippen LogP contribution in [0.3, 0.4) is 0 Å². The number of rotatable bonds is 5. The maximum absolute atomic E-state index is 11.5. The fraction of sp³-hybridized carbons (Fsp3) is 0.600. The van der Waals surface area contributed by atoms with Crippen LogP contribution in [0.15, 0.2) is 6.07 Å². The third-order valence-electron chi connectivity index (χ3n) is 2.06. The zero-order chi connectivity index (χ0) is 11.3. The molecular weight excluding hydrogens is 258 g/mol. The Hall–Kier alpha value is -0.840. The lowest BCUT2D eigenvalue weighted by Gasteiger charge is -2.04. The van der Waals surface area contributed by atoms with Crippen molar-refractivity contribution < 1.29 is 4.79 Å². The second-order valence-corrected chi connectivity index (χ2v) is 4.28. The highest BCUT2D eigenvalue weighted by Gasteiger charge is 2.06. The van der Waals surface area contributed by atoms with Gasteiger partial charge >= 0.3 is 0 Å². The van der Waals surface area contributed by atoms with Gasteiger partial charge in [-0.2, -0.15) is 5.10 Å². The summed E-state index contributed by atoms with van der Waals surface area (Å²) >= 11 is 3.34. The van der Waals surface area contributed by atoms with Gasteiger partial charge in [0.1, 0.15) is 5.82 Å². The predicted molar refractivity (Wildman–Crippen MR) is 64.2 cm³/mol. The van der Waals surface area contributed by atoms with Crippen molar-refractivity contribution in [2.45, 2.75) is 26.2 Å². The van der Waals surface area contributed by atoms with Crippen molar-refractivity contribution in [1.82, 2.24) is 9.78 Å². The zero-order valence-corrected chi connectivity index (χ0v) is 10.7. The zero-order valence-electron chi connectivity index (χ0n) is 9.09. The van der Waals surface area contributed by atoms with Gasteiger partial charge in [0.2, 0.25) is 5.91 Å². The van der Waals surface area contributed by atoms with Gasteiger partial charge in [-0.05, 0) is 19.8 Å². The molecule has 15 heavy (non-hydrogen) atoms. The van der Waals surface area contributed by atoms with Crippen molar-refractivity contribution in [3.05, 3.63) is 11.8 Å². The summed E-state index contributed by atoms with van der Waals surface area (Å²) in [6.45, 7) is 1.90. The molecular formula is C10H16BrN3O. The number of aryl methyl sites for hydroxylation is 2. The van der Waals surface area contributed by atoms with Gasteiger partial charge in [0.25, 0.3) is 0 Å². The molecule has 0 unspecified atom stereocenters. The van der Waals surface area contributed by atoms with Gasteiger partial charge in [-0.15, -0.1) is 0 Å². The van der Waals surface area contributed by atoms with Crippen LogP contribution in [0.5, 0.6) is 0 Å². The normalized spacial score (nSPS) is 10.3. The minimum absolute atomic E-state index is 0.0546. The number of nitrogens with zero attached hydrogens (tertiary/aromatic N) is 2. The van der Waals surface area contributed by atoms with E-state index in [2.05, 4.69) is 26.3 Å². The summed E-state index contributed by atoms with van der Waals surface area (Å²) in [5.41, 5.74) is 0.910. The Kier molecular flexibility index (Phi) is 4.81. The molecule has 1 N–H and O–H groups in total. The monoisotopic (exact) mass is 273 g/mol. The van der Waals surface area contributed by atoms with E-state index < -0.39 is 0 Å². The minimum Gasteiger partial charge on any atom is -0.311 e. The van der Waals surface area contributed by atoms with Crippen LogP contribution < -0.4 is 5.32 Å². The van der Waals surface area contributed by atoms with Crippen molar-refractivity contribution >= 4 is 27.7 Å². The molecule has 4 nitrogen and oxygen atoms in total. The number of hydrogen-bond acceptors (Lipinski definition) is 2. The molecule has 0 saturated heterocycles. The van der Waals surface area contributed by atoms with Crippen LogP contribution in [-0.4, -0.2) is 21.0 Å². The topological polar surface area (TPSA) is 46.9 Å². The highest BCUT2D eigenvalue weighted by molar-refractivity contribution is 9.09. The average Bonchev–Trinajstić information content (AvgIpc) is 2.45. The SMILES string of the molecule is Cc1cc(NC(=O)CCCCBr)n(C)n1. The smallest absolute Gasteiger partial charge is 0.225 e. The van der Waals surface area contributed by atoms with Crippen LogP contribution in [0.1, 0.15) is 25.0 Å². The molecule has 0 saturated carbocycles. The molecule has 1 rings (SSSR count). The Morgan fingerprint density at radius 1 is 1.60 bits per heavy atom. The fourth-order valence-corrected chi connectivity index (χ4v) is 1.71. The number of amides is 1. The van der Waals surface area contributed by atoms with Crippen molar-refractivity contribution in [1.29, 1.82) is 0 Å². The Labute approximate surface area is 98.2 Å². The van der Waals surface area contributed by atoms with E-state index >= 15 is 0 Å². The molecule has 0 atom stereocenters. The summed E-state index contributed by atoms with van der Waals surface area (Å²) < 4.78 is 1.68. The number of nitrogens with one attached hydrogen (secondary N) is 1. The number of aromatic nitrogens is 2. The van der Waals surface area contributed by atoms with Gasteiger partial charge in [0, 0.05) is 24.9 Å². The number of anilines is 1. The van der Waals surface area contributed by atoms with Gasteiger partial charge in [0.15, 0.2) is 0 Å². The molecule has 1 heterocycles. The largest absolute Gasteiger partial charge is 0.311 e. The summed E-state index contributed by atoms with van der Waals surface area (Å²) in [6.07, 6.45) is 2.50. The lowest BCUT2D eigenvalue weighted by Crippen LogP contribution is -2.13. The number of hydrogen-bond donors (Lipinski definition) is 1. The van der Waals surface area contributed by atoms with Gasteiger partial charge in [0.05, 0.1) is 5.69 Å². The Balaban J connectivity index is 2.41. The van der Waals surface area contributed by atoms with Crippen LogP contribution in [0, 0.1) is 6.92 Å². The first kappa shape index (κ1) is 12.2. The molecule has 0 bridgehead atoms. The van der Waals surface area contributed by atoms with Crippen molar-refractivity contribution in [3.63, 3.8) is 0 Å². The summed E-state index contributed by atoms with van der Waals surface area (Å²) in [5.74, 6) is 0.815. The van der Waals surface area contributed by atoms with Crippen molar-refractivity contribution in [3.8, 4) is 0 Å². The second-order valence-electron chi connectivity index (χ2n) is 3.49. The van der Waals surface area contributed by atoms with Crippen molar-refractivity contribution in [2.75, 3.05) is 10.6 Å². The molecule has 0 aliphatic rings. The van der Waals surface area contributed by atoms with E-state index in [0.29, 0.717) is 6.42 Å². The summed E-state index contributed by atoms with van der Waals surface area (Å²) in [4.78, 5) is 11.5. The number of alkyl halides is 1. The Bertz CT molecular complexity index is 335. The second kappa shape index (κ2) is 5.90. The lowest BCUT2D eigenvalue weighted by atomic mass is 10.2. The number of unbranched alkanes of at least 4 members (excludes halogenated alkanes) is 1. The molecule has 1 aromatic rings. The van der Waals surface area contributed by atoms with E-state index in [-0.39, 0.29) is 5.91 Å². The van der Waals surface area contributed by atoms with Gasteiger partial charge in [-0.1, -0.05) is 15.9 Å². The van der Waals surface area contributed by atoms with E-state index in [1.165, 1.54) is 0 Å². The number of carbonyl (C=O) groups is 1. The molecule has 1 aromatic heterocycles. The number of halogens is 1. The van der Waals surface area contributed by atoms with E-state index in [1.54, 1.807) is 4.68 Å². The van der Waals surface area contributed by atoms with Gasteiger partial charge in [-0.3, -0.25) is 9.48 Å². The third-order valence-corrected chi connectivity index (χ3v) is 2.62. The van der Waals surface area contributed by atoms with Gasteiger partial charge < -0.3 is 5.32 Å². The minimum atomic E-state index is 0.0546. The average molecular weight is 274 g/mol. The molecule has 0 aliphatic heterocycles. The highest BCUT2D eigenvalue weighted by atomic mass is 79.9. The Morgan fingerprint density at radius 3 is 2.87 bits per heavy atom. The van der Waals surface area contributed by atoms with Crippen LogP contribution >= 0.6 is 15.9 Å². The predicted octanol–water partition coefficient (Wildman–Crippen LogP) is 2.23. The van der Waals surface area contributed by atoms with E-state index in [1.807, 2.05) is 20.0 Å². The molecule has 0 fully saturated rings. The van der Waals surface area contributed by atoms with Crippen molar-refractivity contribution in [2.24, 2.45) is 7.05 Å². The Morgan fingerprint density at radius 2 is 2.33 bits per heavy atom. The van der Waals surface area contributed by atoms with Crippen LogP contribution in [0.25, 0.3) is 0 Å². The van der Waals surface area contributed by atoms with Crippen LogP contribution in [-0.2, 0) is 11.8 Å². The molecule has 5 heteroatoms. The lowest BCUT2D eigenvalue weighted by molar-refractivity contribution is -0.116. The van der Waals surface area contributed by atoms with E-state index in [0.717, 1.165) is 29.7 Å². The first-order valence-electron chi connectivity index (χ1n) is 5.00. The summed E-state index contributed by atoms with van der Waals surface area (Å²) in [6, 6.07) is 1.86. The quantitative estimate of drug-likeness (QED) is 0.661. The standard InChI is InChI=1S/C10H16BrN3O/c1-8-7-9(14(2)13-8)12-10(15)5-3-4-6-11/h7H,3-6H2,1-2H3,(H,12,15). The van der Waals surface area contributed by atoms with Crippen LogP contribution in [0.2, 0.25) is 0 Å². The number of carbonyl (C=O) groups excluding carboxylic acids is 1. The summed E-state index contributed by atoms with van der Waals surface area (Å²) in [5, 5.41) is 7.94. The molecule has 0 aliphatic carbocycles. The van der Waals surface area contributed by atoms with Gasteiger partial charge in [-0.25, -0.2) is 0 Å². The molecule has 84 valence electrons. The molecule has 0 spiro atoms. The highest BCUT2D eigenvalue weighted by Crippen LogP contribution is 2.09. The summed E-state index contributed by atoms with van der Waals surface area (Å²) in [7, 11) is 1.82. The third kappa shape index (κ3) is 4.03. The van der Waals surface area contributed by atoms with E-state index in [9.17, 15) is 4.79 Å². The van der Waals surface area contributed by atoms with E-state index in [4.69, 9.17) is 0 Å². The molecule has 1 amide bonds. The first-order chi connectivity index (χ1) is 7.13.